The van der Waals surface area contributed by atoms with Crippen LogP contribution in [0.1, 0.15) is 32.1 Å². The molecule has 0 amide bonds. The summed E-state index contributed by atoms with van der Waals surface area (Å²) in [5, 5.41) is 0. The number of hydrogen-bond acceptors (Lipinski definition) is 0. The smallest absolute Gasteiger partial charge is 0.0721 e. The molecule has 0 nitrogen and oxygen atoms in total. The summed E-state index contributed by atoms with van der Waals surface area (Å²) < 4.78 is 0.643. The van der Waals surface area contributed by atoms with Crippen LogP contribution < -0.4 is 0 Å². The summed E-state index contributed by atoms with van der Waals surface area (Å²) in [5.41, 5.74) is 1.48. The van der Waals surface area contributed by atoms with Crippen molar-refractivity contribution in [2.24, 2.45) is 34.5 Å². The van der Waals surface area contributed by atoms with E-state index in [1.54, 1.807) is 6.42 Å². The number of alkyl halides is 4. The molecule has 0 bridgehead atoms. The lowest BCUT2D eigenvalue weighted by atomic mass is 9.71. The number of rotatable bonds is 0. The molecule has 4 heteroatoms. The highest BCUT2D eigenvalue weighted by Crippen LogP contribution is 2.91. The molecule has 5 saturated carbocycles. The molecule has 17 heavy (non-hydrogen) atoms. The van der Waals surface area contributed by atoms with Gasteiger partial charge in [-0.05, 0) is 66.6 Å². The summed E-state index contributed by atoms with van der Waals surface area (Å²) in [7, 11) is 0. The molecule has 0 aromatic carbocycles. The predicted octanol–water partition coefficient (Wildman–Crippen LogP) is 5.41. The lowest BCUT2D eigenvalue weighted by molar-refractivity contribution is 0.157. The SMILES string of the molecule is BrC1(Br)[C@@H]2CC34C[C@H]5[C@H](CC3(C[C@@H]21)C4)C5(Br)Br. The Balaban J connectivity index is 1.50. The molecular formula is C13H14Br4. The van der Waals surface area contributed by atoms with Gasteiger partial charge < -0.3 is 0 Å². The molecule has 0 radical (unpaired) electrons. The Morgan fingerprint density at radius 3 is 1.18 bits per heavy atom. The zero-order valence-electron chi connectivity index (χ0n) is 9.36. The third kappa shape index (κ3) is 1.15. The van der Waals surface area contributed by atoms with Crippen molar-refractivity contribution in [1.29, 1.82) is 0 Å². The Morgan fingerprint density at radius 2 is 0.882 bits per heavy atom. The van der Waals surface area contributed by atoms with Crippen molar-refractivity contribution in [2.75, 3.05) is 0 Å². The van der Waals surface area contributed by atoms with E-state index in [0.29, 0.717) is 6.47 Å². The topological polar surface area (TPSA) is 0 Å². The second kappa shape index (κ2) is 2.78. The van der Waals surface area contributed by atoms with Gasteiger partial charge in [0.2, 0.25) is 0 Å². The van der Waals surface area contributed by atoms with Gasteiger partial charge in [-0.15, -0.1) is 0 Å². The minimum atomic E-state index is 0.321. The predicted molar refractivity (Wildman–Crippen MR) is 83.1 cm³/mol. The van der Waals surface area contributed by atoms with Gasteiger partial charge in [0.05, 0.1) is 6.47 Å². The van der Waals surface area contributed by atoms with E-state index in [1.165, 1.54) is 25.7 Å². The second-order valence-electron chi connectivity index (χ2n) is 7.33. The largest absolute Gasteiger partial charge is 0.0868 e. The van der Waals surface area contributed by atoms with Crippen LogP contribution >= 0.6 is 63.7 Å². The Kier molecular flexibility index (Phi) is 1.89. The quantitative estimate of drug-likeness (QED) is 0.399. The molecule has 0 N–H and O–H groups in total. The molecule has 6 atom stereocenters. The third-order valence-electron chi connectivity index (χ3n) is 6.85. The van der Waals surface area contributed by atoms with E-state index in [2.05, 4.69) is 63.7 Å². The minimum absolute atomic E-state index is 0.321. The molecular weight excluding hydrogens is 476 g/mol. The highest BCUT2D eigenvalue weighted by molar-refractivity contribution is 9.26. The van der Waals surface area contributed by atoms with Crippen LogP contribution in [0.2, 0.25) is 0 Å². The third-order valence-corrected chi connectivity index (χ3v) is 11.6. The van der Waals surface area contributed by atoms with Crippen LogP contribution in [0.5, 0.6) is 0 Å². The van der Waals surface area contributed by atoms with Crippen LogP contribution in [-0.2, 0) is 0 Å². The number of halogens is 4. The standard InChI is InChI=1S/C13H14Br4/c14-12(15)6-1-10-2-8-9(13(8,16)17)4-11(10,5-10)3-7(6)12/h6-9H,1-5H2/t6-,7-,8-,9+,10?,11?/m0/s1. The maximum atomic E-state index is 3.90. The maximum absolute atomic E-state index is 3.90. The summed E-state index contributed by atoms with van der Waals surface area (Å²) in [6.45, 7) is 0. The van der Waals surface area contributed by atoms with E-state index in [4.69, 9.17) is 0 Å². The van der Waals surface area contributed by atoms with Gasteiger partial charge in [-0.1, -0.05) is 63.7 Å². The van der Waals surface area contributed by atoms with Crippen molar-refractivity contribution < 1.29 is 0 Å². The van der Waals surface area contributed by atoms with Gasteiger partial charge in [-0.3, -0.25) is 0 Å². The van der Waals surface area contributed by atoms with Crippen LogP contribution in [0.15, 0.2) is 0 Å². The Bertz CT molecular complexity index is 373. The van der Waals surface area contributed by atoms with Crippen molar-refractivity contribution in [3.63, 3.8) is 0 Å². The minimum Gasteiger partial charge on any atom is -0.0721 e. The molecule has 94 valence electrons. The van der Waals surface area contributed by atoms with E-state index >= 15 is 0 Å². The Morgan fingerprint density at radius 1 is 0.588 bits per heavy atom. The molecule has 0 aromatic heterocycles. The average molecular weight is 490 g/mol. The lowest BCUT2D eigenvalue weighted by Crippen LogP contribution is -2.25. The molecule has 0 spiro atoms. The molecule has 0 heterocycles. The zero-order chi connectivity index (χ0) is 11.8. The average Bonchev–Trinajstić information content (AvgIpc) is 3.13. The summed E-state index contributed by atoms with van der Waals surface area (Å²) in [5.74, 6) is 3.64. The molecule has 2 unspecified atom stereocenters. The molecule has 5 aliphatic carbocycles. The molecule has 5 fully saturated rings. The summed E-state index contributed by atoms with van der Waals surface area (Å²) in [4.78, 5) is 0. The van der Waals surface area contributed by atoms with Crippen molar-refractivity contribution in [2.45, 2.75) is 38.6 Å². The maximum Gasteiger partial charge on any atom is 0.0868 e. The first-order valence-corrected chi connectivity index (χ1v) is 9.75. The molecule has 5 rings (SSSR count). The van der Waals surface area contributed by atoms with Gasteiger partial charge in [0, 0.05) is 0 Å². The first kappa shape index (κ1) is 11.6. The van der Waals surface area contributed by atoms with E-state index in [-0.39, 0.29) is 0 Å². The van der Waals surface area contributed by atoms with Crippen molar-refractivity contribution >= 4 is 63.7 Å². The van der Waals surface area contributed by atoms with Gasteiger partial charge >= 0.3 is 0 Å². The summed E-state index contributed by atoms with van der Waals surface area (Å²) in [6.07, 6.45) is 7.47. The Labute approximate surface area is 136 Å². The fourth-order valence-electron chi connectivity index (χ4n) is 5.64. The van der Waals surface area contributed by atoms with E-state index in [1.807, 2.05) is 0 Å². The van der Waals surface area contributed by atoms with Crippen molar-refractivity contribution in [1.82, 2.24) is 0 Å². The van der Waals surface area contributed by atoms with Gasteiger partial charge in [-0.2, -0.15) is 0 Å². The number of hydrogen-bond donors (Lipinski definition) is 0. The van der Waals surface area contributed by atoms with Crippen LogP contribution in [0.4, 0.5) is 0 Å². The van der Waals surface area contributed by atoms with E-state index in [9.17, 15) is 0 Å². The highest BCUT2D eigenvalue weighted by atomic mass is 79.9. The van der Waals surface area contributed by atoms with Crippen LogP contribution in [0, 0.1) is 34.5 Å². The molecule has 0 aromatic rings. The fraction of sp³-hybridized carbons (Fsp3) is 1.00. The van der Waals surface area contributed by atoms with Crippen molar-refractivity contribution in [3.05, 3.63) is 0 Å². The first-order chi connectivity index (χ1) is 7.83. The highest BCUT2D eigenvalue weighted by Gasteiger charge is 2.84. The van der Waals surface area contributed by atoms with Crippen LogP contribution in [-0.4, -0.2) is 6.47 Å². The van der Waals surface area contributed by atoms with Crippen molar-refractivity contribution in [3.8, 4) is 0 Å². The monoisotopic (exact) mass is 486 g/mol. The molecule has 5 aliphatic rings. The fourth-order valence-corrected chi connectivity index (χ4v) is 8.96. The lowest BCUT2D eigenvalue weighted by Gasteiger charge is -2.33. The van der Waals surface area contributed by atoms with Gasteiger partial charge in [0.25, 0.3) is 0 Å². The van der Waals surface area contributed by atoms with E-state index in [0.717, 1.165) is 34.5 Å². The second-order valence-corrected chi connectivity index (χ2v) is 14.7. The Hall–Kier alpha value is 1.92. The first-order valence-electron chi connectivity index (χ1n) is 6.58. The van der Waals surface area contributed by atoms with Gasteiger partial charge in [-0.25, -0.2) is 0 Å². The summed E-state index contributed by atoms with van der Waals surface area (Å²) in [6, 6.07) is 0. The van der Waals surface area contributed by atoms with E-state index < -0.39 is 0 Å². The van der Waals surface area contributed by atoms with Crippen LogP contribution in [0.3, 0.4) is 0 Å². The normalized spacial score (nSPS) is 67.1. The van der Waals surface area contributed by atoms with Gasteiger partial charge in [0.15, 0.2) is 0 Å². The molecule has 0 saturated heterocycles. The zero-order valence-corrected chi connectivity index (χ0v) is 15.7. The summed E-state index contributed by atoms with van der Waals surface area (Å²) >= 11 is 15.6. The number of fused-ring (bicyclic) bond motifs is 2. The van der Waals surface area contributed by atoms with Crippen LogP contribution in [0.25, 0.3) is 0 Å². The van der Waals surface area contributed by atoms with Gasteiger partial charge in [0.1, 0.15) is 0 Å². The molecule has 0 aliphatic heterocycles.